The molecule has 2 aromatic carbocycles. The van der Waals surface area contributed by atoms with E-state index in [1.807, 2.05) is 24.3 Å². The molecule has 2 aliphatic heterocycles. The average Bonchev–Trinajstić information content (AvgIpc) is 3.20. The van der Waals surface area contributed by atoms with E-state index >= 15 is 0 Å². The fourth-order valence-corrected chi connectivity index (χ4v) is 6.77. The minimum atomic E-state index is -0.329. The first-order valence-corrected chi connectivity index (χ1v) is 17.7. The molecule has 244 valence electrons. The maximum Gasteiger partial charge on any atom is 0.165 e. The van der Waals surface area contributed by atoms with E-state index in [1.54, 1.807) is 0 Å². The molecule has 0 radical (unpaired) electrons. The van der Waals surface area contributed by atoms with Gasteiger partial charge in [0.15, 0.2) is 19.3 Å². The van der Waals surface area contributed by atoms with Gasteiger partial charge in [-0.05, 0) is 66.1 Å². The van der Waals surface area contributed by atoms with Crippen molar-refractivity contribution < 1.29 is 4.58 Å². The Morgan fingerprint density at radius 3 is 2.24 bits per heavy atom. The summed E-state index contributed by atoms with van der Waals surface area (Å²) in [6.07, 6.45) is 13.4. The Balaban J connectivity index is 1.45. The maximum atomic E-state index is 6.48. The smallest absolute Gasteiger partial charge is 0.165 e. The number of rotatable bonds is 12. The average molecular weight is 692 g/mol. The van der Waals surface area contributed by atoms with Crippen molar-refractivity contribution >= 4 is 64.0 Å². The molecule has 8 heteroatoms. The Labute approximate surface area is 291 Å². The van der Waals surface area contributed by atoms with Crippen LogP contribution in [-0.2, 0) is 10.8 Å². The fourth-order valence-electron chi connectivity index (χ4n) is 6.12. The molecule has 2 heterocycles. The maximum absolute atomic E-state index is 6.48. The molecule has 4 rings (SSSR count). The van der Waals surface area contributed by atoms with Crippen LogP contribution in [0.2, 0.25) is 20.1 Å². The van der Waals surface area contributed by atoms with Gasteiger partial charge in [-0.1, -0.05) is 107 Å². The number of anilines is 2. The molecule has 0 atom stereocenters. The molecule has 4 nitrogen and oxygen atoms in total. The van der Waals surface area contributed by atoms with Crippen LogP contribution >= 0.6 is 46.4 Å². The second-order valence-corrected chi connectivity index (χ2v) is 14.9. The Bertz CT molecular complexity index is 1480. The predicted molar refractivity (Wildman–Crippen MR) is 199 cm³/mol. The third kappa shape index (κ3) is 8.07. The number of benzene rings is 2. The van der Waals surface area contributed by atoms with Crippen molar-refractivity contribution in [1.29, 1.82) is 0 Å². The highest BCUT2D eigenvalue weighted by Crippen LogP contribution is 2.50. The Morgan fingerprint density at radius 1 is 0.956 bits per heavy atom. The molecule has 0 aliphatic carbocycles. The van der Waals surface area contributed by atoms with Crippen LogP contribution < -0.4 is 10.2 Å². The van der Waals surface area contributed by atoms with Crippen molar-refractivity contribution in [1.82, 2.24) is 4.90 Å². The van der Waals surface area contributed by atoms with Crippen molar-refractivity contribution in [2.45, 2.75) is 78.1 Å². The van der Waals surface area contributed by atoms with E-state index in [-0.39, 0.29) is 10.8 Å². The van der Waals surface area contributed by atoms with E-state index in [2.05, 4.69) is 92.4 Å². The summed E-state index contributed by atoms with van der Waals surface area (Å²) in [5.74, 6) is 0. The number of allylic oxidation sites excluding steroid dienone is 4. The van der Waals surface area contributed by atoms with E-state index < -0.39 is 0 Å². The monoisotopic (exact) mass is 689 g/mol. The van der Waals surface area contributed by atoms with Gasteiger partial charge in [0.25, 0.3) is 0 Å². The van der Waals surface area contributed by atoms with Gasteiger partial charge in [0.1, 0.15) is 0 Å². The molecular weight excluding hydrogens is 642 g/mol. The molecule has 0 spiro atoms. The first kappa shape index (κ1) is 35.7. The first-order valence-electron chi connectivity index (χ1n) is 16.2. The number of piperazine rings is 1. The summed E-state index contributed by atoms with van der Waals surface area (Å²) < 4.78 is 2.41. The predicted octanol–water partition coefficient (Wildman–Crippen LogP) is 10.7. The Hall–Kier alpha value is -2.11. The number of halogens is 4. The van der Waals surface area contributed by atoms with Gasteiger partial charge >= 0.3 is 0 Å². The van der Waals surface area contributed by atoms with Gasteiger partial charge in [-0.15, -0.1) is 0 Å². The zero-order chi connectivity index (χ0) is 32.9. The summed E-state index contributed by atoms with van der Waals surface area (Å²) in [5, 5.41) is 5.90. The third-order valence-corrected chi connectivity index (χ3v) is 10.8. The van der Waals surface area contributed by atoms with Gasteiger partial charge in [-0.2, -0.15) is 0 Å². The molecule has 2 aliphatic rings. The van der Waals surface area contributed by atoms with Gasteiger partial charge in [-0.3, -0.25) is 0 Å². The van der Waals surface area contributed by atoms with Crippen molar-refractivity contribution in [3.8, 4) is 0 Å². The van der Waals surface area contributed by atoms with E-state index in [4.69, 9.17) is 46.4 Å². The Kier molecular flexibility index (Phi) is 12.1. The number of nitrogens with one attached hydrogen (secondary N) is 1. The first-order chi connectivity index (χ1) is 21.3. The van der Waals surface area contributed by atoms with E-state index in [1.165, 1.54) is 16.9 Å². The van der Waals surface area contributed by atoms with Gasteiger partial charge < -0.3 is 15.1 Å². The van der Waals surface area contributed by atoms with Crippen LogP contribution in [0.3, 0.4) is 0 Å². The number of unbranched alkanes of at least 4 members (excludes halogenated alkanes) is 2. The highest BCUT2D eigenvalue weighted by molar-refractivity contribution is 6.42. The summed E-state index contributed by atoms with van der Waals surface area (Å²) in [6.45, 7) is 23.5. The second kappa shape index (κ2) is 15.2. The van der Waals surface area contributed by atoms with Crippen molar-refractivity contribution in [3.63, 3.8) is 0 Å². The minimum Gasteiger partial charge on any atom is -0.385 e. The third-order valence-electron chi connectivity index (χ3n) is 9.33. The van der Waals surface area contributed by atoms with Crippen LogP contribution in [0, 0.1) is 0 Å². The van der Waals surface area contributed by atoms with Crippen LogP contribution in [0.1, 0.15) is 78.4 Å². The number of nitrogens with zero attached hydrogens (tertiary/aromatic N) is 3. The topological polar surface area (TPSA) is 21.5 Å². The van der Waals surface area contributed by atoms with Gasteiger partial charge in [0.05, 0.1) is 33.2 Å². The lowest BCUT2D eigenvalue weighted by atomic mass is 9.77. The molecule has 45 heavy (non-hydrogen) atoms. The summed E-state index contributed by atoms with van der Waals surface area (Å²) in [7, 11) is 0. The highest BCUT2D eigenvalue weighted by atomic mass is 35.5. The van der Waals surface area contributed by atoms with Crippen LogP contribution in [-0.4, -0.2) is 55.0 Å². The van der Waals surface area contributed by atoms with Crippen LogP contribution in [0.5, 0.6) is 0 Å². The normalized spacial score (nSPS) is 17.4. The zero-order valence-electron chi connectivity index (χ0n) is 27.8. The quantitative estimate of drug-likeness (QED) is 0.136. The summed E-state index contributed by atoms with van der Waals surface area (Å²) in [5.41, 5.74) is 6.34. The molecule has 1 fully saturated rings. The van der Waals surface area contributed by atoms with Gasteiger partial charge in [-0.25, -0.2) is 4.58 Å². The molecule has 2 aromatic rings. The zero-order valence-corrected chi connectivity index (χ0v) is 30.8. The van der Waals surface area contributed by atoms with Gasteiger partial charge in [0.2, 0.25) is 0 Å². The van der Waals surface area contributed by atoms with E-state index in [9.17, 15) is 0 Å². The molecule has 0 aromatic heterocycles. The lowest BCUT2D eigenvalue weighted by Crippen LogP contribution is -2.39. The van der Waals surface area contributed by atoms with Crippen molar-refractivity contribution in [2.75, 3.05) is 49.5 Å². The van der Waals surface area contributed by atoms with Crippen LogP contribution in [0.15, 0.2) is 60.5 Å². The Morgan fingerprint density at radius 2 is 1.58 bits per heavy atom. The lowest BCUT2D eigenvalue weighted by molar-refractivity contribution is -0.533. The summed E-state index contributed by atoms with van der Waals surface area (Å²) >= 11 is 25.8. The molecule has 0 unspecified atom stereocenters. The molecular formula is C37H49Cl4N4+. The standard InChI is InChI=1S/C37H49Cl4N4/c1-8-10-14-42-33-24-31(40)29(38)22-27(33)36(4,5)26(3)12-16-43-18-20-44(21-19-43)17-13-35-37(6,7)28-23-30(39)32(41)25-34(28)45(35)15-11-9-2/h12-13,16-17,22-25,42H,3,8-11,14-15,18-21H2,1-2,4-7H3/q+1/b16-12+. The fraction of sp³-hybridized carbons (Fsp3) is 0.486. The molecule has 1 saturated heterocycles. The van der Waals surface area contributed by atoms with Crippen molar-refractivity contribution in [2.24, 2.45) is 0 Å². The van der Waals surface area contributed by atoms with Gasteiger partial charge in [0, 0.05) is 47.1 Å². The second-order valence-electron chi connectivity index (χ2n) is 13.2. The summed E-state index contributed by atoms with van der Waals surface area (Å²) in [4.78, 5) is 4.81. The highest BCUT2D eigenvalue weighted by Gasteiger charge is 2.40. The molecule has 0 saturated carbocycles. The van der Waals surface area contributed by atoms with E-state index in [0.717, 1.165) is 81.8 Å². The SMILES string of the molecule is C=C(/C=C/N1CC[N+](=CC=C2N(CCCC)c3cc(Cl)c(Cl)cc3C2(C)C)CC1)C(C)(C)c1cc(Cl)c(Cl)cc1NCCCC. The minimum absolute atomic E-state index is 0.161. The number of fused-ring (bicyclic) bond motifs is 1. The van der Waals surface area contributed by atoms with E-state index in [0.29, 0.717) is 20.1 Å². The largest absolute Gasteiger partial charge is 0.385 e. The van der Waals surface area contributed by atoms with Crippen LogP contribution in [0.4, 0.5) is 11.4 Å². The number of hydrogen-bond acceptors (Lipinski definition) is 3. The molecule has 0 amide bonds. The number of hydrogen-bond donors (Lipinski definition) is 1. The van der Waals surface area contributed by atoms with Crippen LogP contribution in [0.25, 0.3) is 0 Å². The molecule has 0 bridgehead atoms. The van der Waals surface area contributed by atoms with Crippen molar-refractivity contribution in [3.05, 3.63) is 91.7 Å². The lowest BCUT2D eigenvalue weighted by Gasteiger charge is -2.30. The summed E-state index contributed by atoms with van der Waals surface area (Å²) in [6, 6.07) is 8.00. The molecule has 1 N–H and O–H groups in total.